The van der Waals surface area contributed by atoms with Crippen molar-refractivity contribution < 1.29 is 14.4 Å². The number of ketones is 1. The van der Waals surface area contributed by atoms with Crippen molar-refractivity contribution in [3.8, 4) is 0 Å². The van der Waals surface area contributed by atoms with E-state index < -0.39 is 5.25 Å². The van der Waals surface area contributed by atoms with Crippen LogP contribution >= 0.6 is 11.8 Å². The normalized spacial score (nSPS) is 21.2. The molecular formula is C20H24N4O3S. The zero-order valence-corrected chi connectivity index (χ0v) is 16.7. The maximum absolute atomic E-state index is 12.3. The molecule has 1 aromatic rings. The molecule has 148 valence electrons. The van der Waals surface area contributed by atoms with Crippen molar-refractivity contribution >= 4 is 45.9 Å². The number of thioether (sulfide) groups is 1. The molecule has 2 N–H and O–H groups in total. The first-order valence-corrected chi connectivity index (χ1v) is 10.4. The van der Waals surface area contributed by atoms with Crippen LogP contribution in [-0.2, 0) is 9.59 Å². The number of carbonyl (C=O) groups excluding carboxylic acids is 3. The van der Waals surface area contributed by atoms with E-state index in [1.54, 1.807) is 24.3 Å². The summed E-state index contributed by atoms with van der Waals surface area (Å²) in [5.41, 5.74) is 2.14. The Morgan fingerprint density at radius 1 is 1.18 bits per heavy atom. The molecule has 1 aromatic carbocycles. The van der Waals surface area contributed by atoms with Gasteiger partial charge in [-0.1, -0.05) is 36.7 Å². The van der Waals surface area contributed by atoms with Crippen LogP contribution in [0.4, 0.5) is 5.69 Å². The second-order valence-electron chi connectivity index (χ2n) is 6.97. The summed E-state index contributed by atoms with van der Waals surface area (Å²) in [6.45, 7) is 1.47. The number of carbonyl (C=O) groups is 3. The Kier molecular flexibility index (Phi) is 6.97. The topological polar surface area (TPSA) is 100.0 Å². The van der Waals surface area contributed by atoms with Gasteiger partial charge < -0.3 is 10.6 Å². The highest BCUT2D eigenvalue weighted by Gasteiger charge is 2.32. The first-order valence-electron chi connectivity index (χ1n) is 9.53. The lowest BCUT2D eigenvalue weighted by atomic mass is 10.1. The van der Waals surface area contributed by atoms with Crippen molar-refractivity contribution in [2.75, 3.05) is 5.32 Å². The molecular weight excluding hydrogens is 376 g/mol. The van der Waals surface area contributed by atoms with Gasteiger partial charge in [0.05, 0.1) is 0 Å². The highest BCUT2D eigenvalue weighted by Crippen LogP contribution is 2.24. The van der Waals surface area contributed by atoms with Gasteiger partial charge in [0.15, 0.2) is 11.0 Å². The van der Waals surface area contributed by atoms with E-state index in [-0.39, 0.29) is 24.0 Å². The molecule has 0 spiro atoms. The Hall–Kier alpha value is -2.48. The number of amides is 2. The average molecular weight is 401 g/mol. The van der Waals surface area contributed by atoms with Gasteiger partial charge in [-0.05, 0) is 44.7 Å². The van der Waals surface area contributed by atoms with Crippen molar-refractivity contribution in [1.82, 2.24) is 5.32 Å². The van der Waals surface area contributed by atoms with Gasteiger partial charge in [0.2, 0.25) is 11.8 Å². The average Bonchev–Trinajstić information content (AvgIpc) is 2.85. The lowest BCUT2D eigenvalue weighted by Crippen LogP contribution is -2.28. The zero-order valence-electron chi connectivity index (χ0n) is 15.9. The molecule has 1 aliphatic carbocycles. The van der Waals surface area contributed by atoms with E-state index in [1.807, 2.05) is 0 Å². The lowest BCUT2D eigenvalue weighted by Gasteiger charge is -2.08. The molecule has 0 radical (unpaired) electrons. The molecule has 2 aliphatic rings. The summed E-state index contributed by atoms with van der Waals surface area (Å²) >= 11 is 1.23. The van der Waals surface area contributed by atoms with Crippen LogP contribution in [0.2, 0.25) is 0 Å². The van der Waals surface area contributed by atoms with E-state index in [4.69, 9.17) is 0 Å². The largest absolute Gasteiger partial charge is 0.326 e. The summed E-state index contributed by atoms with van der Waals surface area (Å²) in [5, 5.41) is 13.8. The van der Waals surface area contributed by atoms with Crippen LogP contribution in [0.3, 0.4) is 0 Å². The number of anilines is 1. The number of nitrogens with zero attached hydrogens (tertiary/aromatic N) is 2. The first-order chi connectivity index (χ1) is 13.5. The van der Waals surface area contributed by atoms with E-state index in [0.29, 0.717) is 16.4 Å². The molecule has 1 saturated heterocycles. The fraction of sp³-hybridized carbons (Fsp3) is 0.450. The lowest BCUT2D eigenvalue weighted by molar-refractivity contribution is -0.122. The predicted octanol–water partition coefficient (Wildman–Crippen LogP) is 3.52. The van der Waals surface area contributed by atoms with Crippen LogP contribution in [0.15, 0.2) is 34.5 Å². The standard InChI is InChI=1S/C20H24N4O3S/c1-13(25)14-7-6-10-16(11-14)21-18(26)12-17-19(27)22-20(28-17)24-23-15-8-4-2-3-5-9-15/h6-7,10-11,17H,2-5,8-9,12H2,1H3,(H,21,26)(H,22,24,27). The van der Waals surface area contributed by atoms with E-state index in [9.17, 15) is 14.4 Å². The predicted molar refractivity (Wildman–Crippen MR) is 112 cm³/mol. The van der Waals surface area contributed by atoms with Crippen LogP contribution in [0, 0.1) is 0 Å². The van der Waals surface area contributed by atoms with Gasteiger partial charge in [0, 0.05) is 23.4 Å². The fourth-order valence-electron chi connectivity index (χ4n) is 3.14. The smallest absolute Gasteiger partial charge is 0.240 e. The Labute approximate surface area is 168 Å². The Balaban J connectivity index is 1.56. The molecule has 1 unspecified atom stereocenters. The highest BCUT2D eigenvalue weighted by atomic mass is 32.2. The third kappa shape index (κ3) is 5.76. The van der Waals surface area contributed by atoms with Gasteiger partial charge in [-0.2, -0.15) is 5.10 Å². The molecule has 1 aliphatic heterocycles. The molecule has 1 heterocycles. The van der Waals surface area contributed by atoms with Crippen LogP contribution in [0.25, 0.3) is 0 Å². The van der Waals surface area contributed by atoms with Crippen LogP contribution in [0.5, 0.6) is 0 Å². The molecule has 7 nitrogen and oxygen atoms in total. The zero-order chi connectivity index (χ0) is 19.9. The van der Waals surface area contributed by atoms with Crippen molar-refractivity contribution in [2.24, 2.45) is 10.2 Å². The van der Waals surface area contributed by atoms with Crippen LogP contribution in [-0.4, -0.2) is 33.7 Å². The molecule has 3 rings (SSSR count). The molecule has 1 atom stereocenters. The maximum Gasteiger partial charge on any atom is 0.240 e. The molecule has 2 amide bonds. The first kappa shape index (κ1) is 20.3. The third-order valence-electron chi connectivity index (χ3n) is 4.66. The van der Waals surface area contributed by atoms with Crippen molar-refractivity contribution in [3.63, 3.8) is 0 Å². The molecule has 1 saturated carbocycles. The number of rotatable bonds is 5. The molecule has 0 bridgehead atoms. The Bertz CT molecular complexity index is 824. The minimum Gasteiger partial charge on any atom is -0.326 e. The van der Waals surface area contributed by atoms with Crippen LogP contribution in [0.1, 0.15) is 62.2 Å². The van der Waals surface area contributed by atoms with E-state index >= 15 is 0 Å². The van der Waals surface area contributed by atoms with E-state index in [1.165, 1.54) is 31.5 Å². The Morgan fingerprint density at radius 3 is 2.64 bits per heavy atom. The SMILES string of the molecule is CC(=O)c1cccc(NC(=O)CC2S/C(=N\N=C3CCCCCC3)NC2=O)c1. The number of benzene rings is 1. The number of Topliss-reactive ketones (excluding diaryl/α,β-unsaturated/α-hetero) is 1. The summed E-state index contributed by atoms with van der Waals surface area (Å²) in [7, 11) is 0. The maximum atomic E-state index is 12.3. The van der Waals surface area contributed by atoms with Gasteiger partial charge in [-0.15, -0.1) is 5.10 Å². The van der Waals surface area contributed by atoms with Gasteiger partial charge >= 0.3 is 0 Å². The third-order valence-corrected chi connectivity index (χ3v) is 5.74. The van der Waals surface area contributed by atoms with E-state index in [0.717, 1.165) is 31.4 Å². The second kappa shape index (κ2) is 9.64. The summed E-state index contributed by atoms with van der Waals surface area (Å²) in [4.78, 5) is 35.9. The molecule has 0 aromatic heterocycles. The van der Waals surface area contributed by atoms with Gasteiger partial charge in [-0.3, -0.25) is 14.4 Å². The molecule has 2 fully saturated rings. The van der Waals surface area contributed by atoms with Gasteiger partial charge in [0.1, 0.15) is 5.25 Å². The summed E-state index contributed by atoms with van der Waals surface area (Å²) in [6.07, 6.45) is 6.67. The monoisotopic (exact) mass is 400 g/mol. The molecule has 28 heavy (non-hydrogen) atoms. The quantitative estimate of drug-likeness (QED) is 0.449. The summed E-state index contributed by atoms with van der Waals surface area (Å²) in [6, 6.07) is 6.73. The minimum atomic E-state index is -0.538. The number of amidine groups is 1. The number of nitrogens with one attached hydrogen (secondary N) is 2. The second-order valence-corrected chi connectivity index (χ2v) is 8.16. The van der Waals surface area contributed by atoms with Crippen molar-refractivity contribution in [3.05, 3.63) is 29.8 Å². The molecule has 8 heteroatoms. The number of hydrogen-bond acceptors (Lipinski definition) is 6. The summed E-state index contributed by atoms with van der Waals surface area (Å²) < 4.78 is 0. The minimum absolute atomic E-state index is 0.0242. The van der Waals surface area contributed by atoms with Crippen molar-refractivity contribution in [2.45, 2.75) is 57.1 Å². The van der Waals surface area contributed by atoms with Gasteiger partial charge in [-0.25, -0.2) is 0 Å². The summed E-state index contributed by atoms with van der Waals surface area (Å²) in [5.74, 6) is -0.597. The highest BCUT2D eigenvalue weighted by molar-refractivity contribution is 8.15. The Morgan fingerprint density at radius 2 is 1.93 bits per heavy atom. The fourth-order valence-corrected chi connectivity index (χ4v) is 4.05. The van der Waals surface area contributed by atoms with E-state index in [2.05, 4.69) is 20.8 Å². The van der Waals surface area contributed by atoms with Gasteiger partial charge in [0.25, 0.3) is 0 Å². The van der Waals surface area contributed by atoms with Crippen molar-refractivity contribution in [1.29, 1.82) is 0 Å². The van der Waals surface area contributed by atoms with Crippen LogP contribution < -0.4 is 10.6 Å². The number of hydrogen-bond donors (Lipinski definition) is 2.